The number of carboxylic acid groups (broad SMARTS) is 1. The lowest BCUT2D eigenvalue weighted by atomic mass is 10.1. The summed E-state index contributed by atoms with van der Waals surface area (Å²) in [5.41, 5.74) is 1.50. The van der Waals surface area contributed by atoms with E-state index in [2.05, 4.69) is 16.9 Å². The van der Waals surface area contributed by atoms with Gasteiger partial charge >= 0.3 is 12.0 Å². The number of thioether (sulfide) groups is 1. The molecule has 0 fully saturated rings. The highest BCUT2D eigenvalue weighted by Crippen LogP contribution is 2.16. The molecule has 1 rings (SSSR count). The lowest BCUT2D eigenvalue weighted by Gasteiger charge is -2.11. The molecule has 0 aliphatic rings. The Morgan fingerprint density at radius 3 is 2.71 bits per heavy atom. The van der Waals surface area contributed by atoms with E-state index >= 15 is 0 Å². The van der Waals surface area contributed by atoms with Crippen LogP contribution in [0.25, 0.3) is 0 Å². The smallest absolute Gasteiger partial charge is 0.319 e. The Kier molecular flexibility index (Phi) is 8.35. The number of rotatable bonds is 9. The number of anilines is 1. The van der Waals surface area contributed by atoms with E-state index < -0.39 is 5.97 Å². The second kappa shape index (κ2) is 10.1. The zero-order valence-corrected chi connectivity index (χ0v) is 13.0. The van der Waals surface area contributed by atoms with Crippen LogP contribution in [0.4, 0.5) is 10.5 Å². The molecule has 2 amide bonds. The van der Waals surface area contributed by atoms with Gasteiger partial charge in [-0.15, -0.1) is 0 Å². The quantitative estimate of drug-likeness (QED) is 0.613. The number of hydrogen-bond acceptors (Lipinski definition) is 3. The summed E-state index contributed by atoms with van der Waals surface area (Å²) < 4.78 is 0. The van der Waals surface area contributed by atoms with Gasteiger partial charge in [-0.1, -0.05) is 18.2 Å². The summed E-state index contributed by atoms with van der Waals surface area (Å²) in [6, 6.07) is 7.02. The molecule has 0 aromatic heterocycles. The van der Waals surface area contributed by atoms with Crippen molar-refractivity contribution in [1.29, 1.82) is 0 Å². The Morgan fingerprint density at radius 1 is 1.24 bits per heavy atom. The highest BCUT2D eigenvalue weighted by atomic mass is 32.2. The number of carbonyl (C=O) groups excluding carboxylic acids is 1. The van der Waals surface area contributed by atoms with Crippen molar-refractivity contribution in [2.24, 2.45) is 0 Å². The molecule has 0 aliphatic heterocycles. The van der Waals surface area contributed by atoms with Crippen LogP contribution in [0.1, 0.15) is 24.8 Å². The van der Waals surface area contributed by atoms with Gasteiger partial charge in [-0.25, -0.2) is 4.79 Å². The van der Waals surface area contributed by atoms with E-state index in [1.807, 2.05) is 18.2 Å². The van der Waals surface area contributed by atoms with Crippen LogP contribution >= 0.6 is 11.8 Å². The van der Waals surface area contributed by atoms with Crippen LogP contribution in [0.5, 0.6) is 0 Å². The van der Waals surface area contributed by atoms with Gasteiger partial charge in [0.2, 0.25) is 0 Å². The summed E-state index contributed by atoms with van der Waals surface area (Å²) in [5.74, 6) is 0.254. The molecule has 0 radical (unpaired) electrons. The van der Waals surface area contributed by atoms with E-state index in [0.29, 0.717) is 18.7 Å². The first kappa shape index (κ1) is 17.4. The summed E-state index contributed by atoms with van der Waals surface area (Å²) in [6.07, 6.45) is 4.55. The molecular weight excluding hydrogens is 288 g/mol. The second-order valence-electron chi connectivity index (χ2n) is 4.63. The highest BCUT2D eigenvalue weighted by Gasteiger charge is 2.07. The Hall–Kier alpha value is -1.69. The van der Waals surface area contributed by atoms with Crippen molar-refractivity contribution in [3.63, 3.8) is 0 Å². The average Bonchev–Trinajstić information content (AvgIpc) is 2.46. The van der Waals surface area contributed by atoms with Crippen LogP contribution in [0.3, 0.4) is 0 Å². The lowest BCUT2D eigenvalue weighted by Crippen LogP contribution is -2.30. The number of unbranched alkanes of at least 4 members (excludes halogenated alkanes) is 1. The SMILES string of the molecule is CSCCCCNC(=O)Nc1ccccc1CCC(=O)O. The maximum Gasteiger partial charge on any atom is 0.319 e. The number of benzene rings is 1. The van der Waals surface area contributed by atoms with Crippen molar-refractivity contribution in [3.8, 4) is 0 Å². The molecular formula is C15H22N2O3S. The van der Waals surface area contributed by atoms with Gasteiger partial charge in [0, 0.05) is 18.7 Å². The van der Waals surface area contributed by atoms with Crippen LogP contribution in [-0.2, 0) is 11.2 Å². The first-order valence-electron chi connectivity index (χ1n) is 6.97. The zero-order chi connectivity index (χ0) is 15.5. The number of amides is 2. The fraction of sp³-hybridized carbons (Fsp3) is 0.467. The first-order chi connectivity index (χ1) is 10.1. The molecule has 0 spiro atoms. The molecule has 0 saturated heterocycles. The van der Waals surface area contributed by atoms with Gasteiger partial charge in [0.15, 0.2) is 0 Å². The van der Waals surface area contributed by atoms with E-state index in [4.69, 9.17) is 5.11 Å². The number of carboxylic acids is 1. The molecule has 0 atom stereocenters. The van der Waals surface area contributed by atoms with Gasteiger partial charge in [-0.05, 0) is 42.9 Å². The fourth-order valence-electron chi connectivity index (χ4n) is 1.84. The number of nitrogens with one attached hydrogen (secondary N) is 2. The molecule has 0 heterocycles. The van der Waals surface area contributed by atoms with Crippen LogP contribution in [0.2, 0.25) is 0 Å². The molecule has 3 N–H and O–H groups in total. The minimum Gasteiger partial charge on any atom is -0.481 e. The summed E-state index contributed by atoms with van der Waals surface area (Å²) in [6.45, 7) is 0.643. The topological polar surface area (TPSA) is 78.4 Å². The van der Waals surface area contributed by atoms with Crippen molar-refractivity contribution in [1.82, 2.24) is 5.32 Å². The van der Waals surface area contributed by atoms with Gasteiger partial charge < -0.3 is 15.7 Å². The molecule has 0 saturated carbocycles. The Morgan fingerprint density at radius 2 is 2.00 bits per heavy atom. The van der Waals surface area contributed by atoms with Crippen LogP contribution in [0, 0.1) is 0 Å². The number of carbonyl (C=O) groups is 2. The first-order valence-corrected chi connectivity index (χ1v) is 8.36. The Balaban J connectivity index is 2.42. The molecule has 1 aromatic carbocycles. The largest absolute Gasteiger partial charge is 0.481 e. The molecule has 116 valence electrons. The van der Waals surface area contributed by atoms with Gasteiger partial charge in [0.05, 0.1) is 0 Å². The second-order valence-corrected chi connectivity index (χ2v) is 5.62. The summed E-state index contributed by atoms with van der Waals surface area (Å²) in [5, 5.41) is 14.3. The minimum absolute atomic E-state index is 0.0506. The normalized spacial score (nSPS) is 10.1. The zero-order valence-electron chi connectivity index (χ0n) is 12.2. The molecule has 21 heavy (non-hydrogen) atoms. The number of aryl methyl sites for hydroxylation is 1. The van der Waals surface area contributed by atoms with E-state index in [9.17, 15) is 9.59 Å². The van der Waals surface area contributed by atoms with Crippen molar-refractivity contribution in [2.75, 3.05) is 23.9 Å². The predicted octanol–water partition coefficient (Wildman–Crippen LogP) is 2.97. The van der Waals surface area contributed by atoms with Crippen LogP contribution < -0.4 is 10.6 Å². The van der Waals surface area contributed by atoms with Crippen molar-refractivity contribution in [2.45, 2.75) is 25.7 Å². The summed E-state index contributed by atoms with van der Waals surface area (Å²) in [4.78, 5) is 22.4. The summed E-state index contributed by atoms with van der Waals surface area (Å²) in [7, 11) is 0. The maximum atomic E-state index is 11.8. The third-order valence-electron chi connectivity index (χ3n) is 2.93. The highest BCUT2D eigenvalue weighted by molar-refractivity contribution is 7.98. The summed E-state index contributed by atoms with van der Waals surface area (Å²) >= 11 is 1.80. The van der Waals surface area contributed by atoms with E-state index in [1.165, 1.54) is 0 Å². The van der Waals surface area contributed by atoms with Crippen LogP contribution in [0.15, 0.2) is 24.3 Å². The van der Waals surface area contributed by atoms with Gasteiger partial charge in [0.1, 0.15) is 0 Å². The fourth-order valence-corrected chi connectivity index (χ4v) is 2.33. The van der Waals surface area contributed by atoms with Gasteiger partial charge in [-0.3, -0.25) is 4.79 Å². The lowest BCUT2D eigenvalue weighted by molar-refractivity contribution is -0.136. The third kappa shape index (κ3) is 7.60. The van der Waals surface area contributed by atoms with Gasteiger partial charge in [0.25, 0.3) is 0 Å². The standard InChI is InChI=1S/C15H22N2O3S/c1-21-11-5-4-10-16-15(20)17-13-7-3-2-6-12(13)8-9-14(18)19/h2-3,6-7H,4-5,8-11H2,1H3,(H,18,19)(H2,16,17,20). The number of aliphatic carboxylic acids is 1. The van der Waals surface area contributed by atoms with Crippen molar-refractivity contribution < 1.29 is 14.7 Å². The average molecular weight is 310 g/mol. The van der Waals surface area contributed by atoms with E-state index in [0.717, 1.165) is 24.2 Å². The Bertz CT molecular complexity index is 466. The Labute approximate surface area is 129 Å². The molecule has 1 aromatic rings. The number of hydrogen-bond donors (Lipinski definition) is 3. The van der Waals surface area contributed by atoms with Crippen molar-refractivity contribution in [3.05, 3.63) is 29.8 Å². The monoisotopic (exact) mass is 310 g/mol. The molecule has 0 bridgehead atoms. The van der Waals surface area contributed by atoms with Gasteiger partial charge in [-0.2, -0.15) is 11.8 Å². The van der Waals surface area contributed by atoms with E-state index in [-0.39, 0.29) is 12.5 Å². The number of para-hydroxylation sites is 1. The van der Waals surface area contributed by atoms with E-state index in [1.54, 1.807) is 17.8 Å². The maximum absolute atomic E-state index is 11.8. The third-order valence-corrected chi connectivity index (χ3v) is 3.63. The molecule has 5 nitrogen and oxygen atoms in total. The molecule has 6 heteroatoms. The van der Waals surface area contributed by atoms with Crippen LogP contribution in [-0.4, -0.2) is 35.7 Å². The molecule has 0 unspecified atom stereocenters. The number of urea groups is 1. The minimum atomic E-state index is -0.844. The predicted molar refractivity (Wildman–Crippen MR) is 87.0 cm³/mol. The molecule has 0 aliphatic carbocycles. The van der Waals surface area contributed by atoms with Crippen molar-refractivity contribution >= 4 is 29.4 Å².